The van der Waals surface area contributed by atoms with Crippen LogP contribution in [0.1, 0.15) is 13.8 Å². The second kappa shape index (κ2) is 5.99. The van der Waals surface area contributed by atoms with Crippen LogP contribution in [0.3, 0.4) is 0 Å². The first kappa shape index (κ1) is 13.1. The molecule has 1 aromatic carbocycles. The van der Waals surface area contributed by atoms with Crippen molar-refractivity contribution in [3.05, 3.63) is 30.3 Å². The zero-order chi connectivity index (χ0) is 13.7. The molecule has 0 saturated heterocycles. The Morgan fingerprint density at radius 2 is 1.68 bits per heavy atom. The molecule has 2 rings (SSSR count). The van der Waals surface area contributed by atoms with Gasteiger partial charge in [-0.1, -0.05) is 18.2 Å². The molecule has 0 fully saturated rings. The molecule has 6 heteroatoms. The highest BCUT2D eigenvalue weighted by Gasteiger charge is 2.08. The van der Waals surface area contributed by atoms with Crippen LogP contribution < -0.4 is 15.4 Å². The first-order chi connectivity index (χ1) is 9.17. The first-order valence-electron chi connectivity index (χ1n) is 6.10. The predicted molar refractivity (Wildman–Crippen MR) is 74.9 cm³/mol. The highest BCUT2D eigenvalue weighted by atomic mass is 16.5. The van der Waals surface area contributed by atoms with Gasteiger partial charge in [0.15, 0.2) is 0 Å². The molecule has 6 nitrogen and oxygen atoms in total. The Hall–Kier alpha value is -2.37. The van der Waals surface area contributed by atoms with Gasteiger partial charge in [0, 0.05) is 12.7 Å². The van der Waals surface area contributed by atoms with Gasteiger partial charge in [-0.3, -0.25) is 0 Å². The number of para-hydroxylation sites is 1. The van der Waals surface area contributed by atoms with Crippen LogP contribution in [0.4, 0.5) is 17.6 Å². The van der Waals surface area contributed by atoms with Crippen molar-refractivity contribution in [1.82, 2.24) is 15.0 Å². The van der Waals surface area contributed by atoms with Gasteiger partial charge in [0.05, 0.1) is 6.10 Å². The fourth-order valence-electron chi connectivity index (χ4n) is 1.44. The van der Waals surface area contributed by atoms with Crippen LogP contribution in [-0.4, -0.2) is 28.1 Å². The lowest BCUT2D eigenvalue weighted by atomic mass is 10.3. The Balaban J connectivity index is 2.24. The predicted octanol–water partition coefficient (Wildman–Crippen LogP) is 2.44. The van der Waals surface area contributed by atoms with Crippen LogP contribution in [0.15, 0.2) is 30.3 Å². The molecule has 2 aromatic rings. The molecule has 100 valence electrons. The lowest BCUT2D eigenvalue weighted by Gasteiger charge is -2.11. The Kier molecular flexibility index (Phi) is 4.12. The van der Waals surface area contributed by atoms with Crippen molar-refractivity contribution in [2.45, 2.75) is 20.0 Å². The summed E-state index contributed by atoms with van der Waals surface area (Å²) in [4.78, 5) is 12.6. The molecule has 0 saturated carbocycles. The van der Waals surface area contributed by atoms with E-state index in [2.05, 4.69) is 25.6 Å². The molecule has 0 spiro atoms. The van der Waals surface area contributed by atoms with E-state index in [4.69, 9.17) is 4.74 Å². The molecule has 0 unspecified atom stereocenters. The van der Waals surface area contributed by atoms with E-state index >= 15 is 0 Å². The number of hydrogen-bond donors (Lipinski definition) is 2. The summed E-state index contributed by atoms with van der Waals surface area (Å²) < 4.78 is 5.49. The number of aromatic nitrogens is 3. The summed E-state index contributed by atoms with van der Waals surface area (Å²) in [5.74, 6) is 0.908. The highest BCUT2D eigenvalue weighted by molar-refractivity contribution is 5.53. The average Bonchev–Trinajstić information content (AvgIpc) is 2.38. The number of anilines is 3. The van der Waals surface area contributed by atoms with Crippen molar-refractivity contribution in [2.24, 2.45) is 0 Å². The van der Waals surface area contributed by atoms with Crippen LogP contribution in [0, 0.1) is 0 Å². The van der Waals surface area contributed by atoms with Crippen molar-refractivity contribution in [2.75, 3.05) is 17.7 Å². The first-order valence-corrected chi connectivity index (χ1v) is 6.10. The number of nitrogens with one attached hydrogen (secondary N) is 2. The van der Waals surface area contributed by atoms with Gasteiger partial charge in [0.1, 0.15) is 0 Å². The third kappa shape index (κ3) is 3.80. The van der Waals surface area contributed by atoms with Gasteiger partial charge in [-0.05, 0) is 26.0 Å². The van der Waals surface area contributed by atoms with E-state index in [0.717, 1.165) is 5.69 Å². The normalized spacial score (nSPS) is 10.3. The van der Waals surface area contributed by atoms with E-state index in [1.54, 1.807) is 7.05 Å². The summed E-state index contributed by atoms with van der Waals surface area (Å²) in [6.07, 6.45) is 0.0108. The zero-order valence-electron chi connectivity index (χ0n) is 11.2. The maximum absolute atomic E-state index is 5.49. The summed E-state index contributed by atoms with van der Waals surface area (Å²) in [5, 5.41) is 5.99. The Morgan fingerprint density at radius 1 is 1.00 bits per heavy atom. The standard InChI is InChI=1S/C13H17N5O/c1-9(2)19-13-17-11(14-3)16-12(18-13)15-10-7-5-4-6-8-10/h4-9H,1-3H3,(H2,14,15,16,17,18). The number of nitrogens with zero attached hydrogens (tertiary/aromatic N) is 3. The number of rotatable bonds is 5. The second-order valence-electron chi connectivity index (χ2n) is 4.17. The molecule has 19 heavy (non-hydrogen) atoms. The molecular weight excluding hydrogens is 242 g/mol. The molecule has 0 bridgehead atoms. The lowest BCUT2D eigenvalue weighted by Crippen LogP contribution is -2.11. The lowest BCUT2D eigenvalue weighted by molar-refractivity contribution is 0.222. The van der Waals surface area contributed by atoms with Crippen LogP contribution in [0.25, 0.3) is 0 Å². The molecule has 0 aliphatic rings. The van der Waals surface area contributed by atoms with E-state index in [1.807, 2.05) is 44.2 Å². The maximum atomic E-state index is 5.49. The maximum Gasteiger partial charge on any atom is 0.323 e. The van der Waals surface area contributed by atoms with E-state index in [0.29, 0.717) is 17.9 Å². The van der Waals surface area contributed by atoms with Crippen molar-refractivity contribution < 1.29 is 4.74 Å². The topological polar surface area (TPSA) is 72.0 Å². The molecular formula is C13H17N5O. The van der Waals surface area contributed by atoms with E-state index in [9.17, 15) is 0 Å². The van der Waals surface area contributed by atoms with Crippen molar-refractivity contribution in [1.29, 1.82) is 0 Å². The van der Waals surface area contributed by atoms with Gasteiger partial charge >= 0.3 is 6.01 Å². The van der Waals surface area contributed by atoms with Crippen molar-refractivity contribution >= 4 is 17.6 Å². The minimum absolute atomic E-state index is 0.0108. The summed E-state index contributed by atoms with van der Waals surface area (Å²) in [7, 11) is 1.75. The Bertz CT molecular complexity index is 530. The number of benzene rings is 1. The number of ether oxygens (including phenoxy) is 1. The largest absolute Gasteiger partial charge is 0.461 e. The minimum Gasteiger partial charge on any atom is -0.461 e. The molecule has 0 atom stereocenters. The zero-order valence-corrected chi connectivity index (χ0v) is 11.2. The smallest absolute Gasteiger partial charge is 0.323 e. The molecule has 0 aliphatic heterocycles. The minimum atomic E-state index is 0.0108. The quantitative estimate of drug-likeness (QED) is 0.859. The van der Waals surface area contributed by atoms with Crippen LogP contribution in [0.5, 0.6) is 6.01 Å². The van der Waals surface area contributed by atoms with Gasteiger partial charge in [-0.2, -0.15) is 15.0 Å². The molecule has 0 radical (unpaired) electrons. The molecule has 0 amide bonds. The van der Waals surface area contributed by atoms with Gasteiger partial charge in [0.2, 0.25) is 11.9 Å². The molecule has 2 N–H and O–H groups in total. The second-order valence-corrected chi connectivity index (χ2v) is 4.17. The Labute approximate surface area is 112 Å². The van der Waals surface area contributed by atoms with E-state index in [-0.39, 0.29) is 6.10 Å². The van der Waals surface area contributed by atoms with Crippen molar-refractivity contribution in [3.63, 3.8) is 0 Å². The third-order valence-electron chi connectivity index (χ3n) is 2.21. The molecule has 0 aliphatic carbocycles. The SMILES string of the molecule is CNc1nc(Nc2ccccc2)nc(OC(C)C)n1. The van der Waals surface area contributed by atoms with E-state index in [1.165, 1.54) is 0 Å². The molecule has 1 heterocycles. The molecule has 1 aromatic heterocycles. The summed E-state index contributed by atoms with van der Waals surface area (Å²) in [5.41, 5.74) is 0.909. The van der Waals surface area contributed by atoms with Gasteiger partial charge in [-0.15, -0.1) is 0 Å². The van der Waals surface area contributed by atoms with Crippen LogP contribution in [-0.2, 0) is 0 Å². The van der Waals surface area contributed by atoms with Crippen LogP contribution in [0.2, 0.25) is 0 Å². The van der Waals surface area contributed by atoms with Gasteiger partial charge < -0.3 is 15.4 Å². The summed E-state index contributed by atoms with van der Waals surface area (Å²) in [6.45, 7) is 3.85. The Morgan fingerprint density at radius 3 is 2.32 bits per heavy atom. The van der Waals surface area contributed by atoms with Gasteiger partial charge in [0.25, 0.3) is 0 Å². The average molecular weight is 259 g/mol. The van der Waals surface area contributed by atoms with Crippen molar-refractivity contribution in [3.8, 4) is 6.01 Å². The van der Waals surface area contributed by atoms with E-state index < -0.39 is 0 Å². The third-order valence-corrected chi connectivity index (χ3v) is 2.21. The monoisotopic (exact) mass is 259 g/mol. The fourth-order valence-corrected chi connectivity index (χ4v) is 1.44. The summed E-state index contributed by atoms with van der Waals surface area (Å²) in [6, 6.07) is 10.00. The summed E-state index contributed by atoms with van der Waals surface area (Å²) >= 11 is 0. The fraction of sp³-hybridized carbons (Fsp3) is 0.308. The highest BCUT2D eigenvalue weighted by Crippen LogP contribution is 2.16. The van der Waals surface area contributed by atoms with Gasteiger partial charge in [-0.25, -0.2) is 0 Å². The van der Waals surface area contributed by atoms with Crippen LogP contribution >= 0.6 is 0 Å². The number of hydrogen-bond acceptors (Lipinski definition) is 6.